The van der Waals surface area contributed by atoms with Crippen LogP contribution in [0.4, 0.5) is 4.79 Å². The van der Waals surface area contributed by atoms with Crippen LogP contribution in [0.25, 0.3) is 0 Å². The molecule has 0 radical (unpaired) electrons. The van der Waals surface area contributed by atoms with Gasteiger partial charge >= 0.3 is 6.09 Å². The smallest absolute Gasteiger partial charge is 0.356 e. The second-order valence-electron chi connectivity index (χ2n) is 1.40. The van der Waals surface area contributed by atoms with E-state index in [0.717, 1.165) is 0 Å². The van der Waals surface area contributed by atoms with E-state index >= 15 is 0 Å². The molecule has 0 aliphatic heterocycles. The molecule has 0 heterocycles. The fourth-order valence-corrected chi connectivity index (χ4v) is 0.272. The highest BCUT2D eigenvalue weighted by atomic mass is 16.5. The minimum Gasteiger partial charge on any atom is -0.356 e. The molecule has 0 unspecified atom stereocenters. The van der Waals surface area contributed by atoms with Crippen LogP contribution in [0, 0.1) is 24.4 Å². The second kappa shape index (κ2) is 5.53. The first-order valence-corrected chi connectivity index (χ1v) is 2.65. The van der Waals surface area contributed by atoms with E-state index in [4.69, 9.17) is 6.42 Å². The highest BCUT2D eigenvalue weighted by Gasteiger charge is 1.83. The van der Waals surface area contributed by atoms with Gasteiger partial charge in [0, 0.05) is 12.8 Å². The Morgan fingerprint density at radius 3 is 2.80 bits per heavy atom. The monoisotopic (exact) mass is 137 g/mol. The van der Waals surface area contributed by atoms with Crippen LogP contribution in [-0.4, -0.2) is 6.09 Å². The van der Waals surface area contributed by atoms with Crippen molar-refractivity contribution in [3.8, 4) is 24.4 Å². The summed E-state index contributed by atoms with van der Waals surface area (Å²) in [5, 5.41) is 0. The predicted molar refractivity (Wildman–Crippen MR) is 36.5 cm³/mol. The lowest BCUT2D eigenvalue weighted by molar-refractivity contribution is 0.202. The fourth-order valence-electron chi connectivity index (χ4n) is 0.272. The van der Waals surface area contributed by atoms with Crippen LogP contribution < -0.4 is 5.73 Å². The molecule has 2 N–H and O–H groups in total. The summed E-state index contributed by atoms with van der Waals surface area (Å²) in [5.74, 6) is 4.88. The summed E-state index contributed by atoms with van der Waals surface area (Å²) >= 11 is 0. The molecule has 0 aromatic rings. The summed E-state index contributed by atoms with van der Waals surface area (Å²) < 4.78 is 4.10. The van der Waals surface area contributed by atoms with Gasteiger partial charge in [0.25, 0.3) is 0 Å². The molecule has 52 valence electrons. The molecule has 3 nitrogen and oxygen atoms in total. The van der Waals surface area contributed by atoms with Gasteiger partial charge in [-0.05, 0) is 0 Å². The molecule has 3 heteroatoms. The lowest BCUT2D eigenvalue weighted by Crippen LogP contribution is -2.08. The van der Waals surface area contributed by atoms with Gasteiger partial charge in [0.1, 0.15) is 6.11 Å². The zero-order valence-corrected chi connectivity index (χ0v) is 5.39. The number of carbonyl (C=O) groups excluding carboxylic acids is 1. The number of nitrogens with two attached hydrogens (primary N) is 1. The van der Waals surface area contributed by atoms with E-state index in [1.54, 1.807) is 0 Å². The van der Waals surface area contributed by atoms with Gasteiger partial charge in [0.05, 0.1) is 0 Å². The number of rotatable bonds is 1. The Kier molecular flexibility index (Phi) is 4.64. The average molecular weight is 137 g/mol. The molecular formula is C7H7NO2. The van der Waals surface area contributed by atoms with Gasteiger partial charge in [0.2, 0.25) is 0 Å². The number of terminal acetylenes is 1. The predicted octanol–water partition coefficient (Wildman–Crippen LogP) is 0.456. The van der Waals surface area contributed by atoms with E-state index in [0.29, 0.717) is 12.8 Å². The van der Waals surface area contributed by atoms with E-state index < -0.39 is 6.09 Å². The number of amides is 1. The van der Waals surface area contributed by atoms with Crippen molar-refractivity contribution in [2.24, 2.45) is 5.73 Å². The molecule has 0 aromatic carbocycles. The van der Waals surface area contributed by atoms with Crippen LogP contribution in [0.5, 0.6) is 0 Å². The molecule has 0 aromatic heterocycles. The Bertz CT molecular complexity index is 204. The van der Waals surface area contributed by atoms with Crippen molar-refractivity contribution in [1.82, 2.24) is 0 Å². The van der Waals surface area contributed by atoms with Gasteiger partial charge in [-0.25, -0.2) is 4.79 Å². The van der Waals surface area contributed by atoms with Crippen molar-refractivity contribution in [2.45, 2.75) is 12.8 Å². The van der Waals surface area contributed by atoms with Crippen LogP contribution in [0.15, 0.2) is 0 Å². The summed E-state index contributed by atoms with van der Waals surface area (Å²) in [5.41, 5.74) is 4.60. The van der Waals surface area contributed by atoms with Crippen molar-refractivity contribution >= 4 is 6.09 Å². The van der Waals surface area contributed by atoms with Crippen LogP contribution >= 0.6 is 0 Å². The van der Waals surface area contributed by atoms with Gasteiger partial charge in [-0.1, -0.05) is 5.92 Å². The second-order valence-corrected chi connectivity index (χ2v) is 1.40. The van der Waals surface area contributed by atoms with Crippen molar-refractivity contribution in [1.29, 1.82) is 0 Å². The van der Waals surface area contributed by atoms with Gasteiger partial charge in [-0.3, -0.25) is 0 Å². The van der Waals surface area contributed by atoms with Gasteiger partial charge in [0.15, 0.2) is 0 Å². The maximum Gasteiger partial charge on any atom is 0.418 e. The highest BCUT2D eigenvalue weighted by Crippen LogP contribution is 1.81. The maximum absolute atomic E-state index is 9.89. The molecule has 0 saturated heterocycles. The van der Waals surface area contributed by atoms with E-state index in [2.05, 4.69) is 28.4 Å². The topological polar surface area (TPSA) is 52.3 Å². The van der Waals surface area contributed by atoms with Crippen molar-refractivity contribution in [3.05, 3.63) is 0 Å². The summed E-state index contributed by atoms with van der Waals surface area (Å²) in [4.78, 5) is 9.89. The Balaban J connectivity index is 3.34. The fraction of sp³-hybridized carbons (Fsp3) is 0.286. The molecule has 10 heavy (non-hydrogen) atoms. The molecule has 0 atom stereocenters. The minimum absolute atomic E-state index is 0.518. The molecule has 0 saturated carbocycles. The molecule has 0 bridgehead atoms. The Hall–Kier alpha value is -1.61. The van der Waals surface area contributed by atoms with Crippen LogP contribution in [0.2, 0.25) is 0 Å². The van der Waals surface area contributed by atoms with Crippen molar-refractivity contribution < 1.29 is 9.53 Å². The lowest BCUT2D eigenvalue weighted by Gasteiger charge is -1.82. The number of primary amides is 1. The van der Waals surface area contributed by atoms with E-state index in [1.807, 2.05) is 0 Å². The van der Waals surface area contributed by atoms with Crippen molar-refractivity contribution in [3.63, 3.8) is 0 Å². The highest BCUT2D eigenvalue weighted by molar-refractivity contribution is 5.65. The zero-order valence-electron chi connectivity index (χ0n) is 5.39. The van der Waals surface area contributed by atoms with Gasteiger partial charge < -0.3 is 10.5 Å². The Morgan fingerprint density at radius 2 is 2.30 bits per heavy atom. The Morgan fingerprint density at radius 1 is 1.60 bits per heavy atom. The SMILES string of the molecule is C#CCCC#COC(N)=O. The Labute approximate surface area is 59.5 Å². The van der Waals surface area contributed by atoms with E-state index in [1.165, 1.54) is 0 Å². The number of unbranched alkanes of at least 4 members (excludes halogenated alkanes) is 1. The zero-order chi connectivity index (χ0) is 7.82. The average Bonchev–Trinajstić information content (AvgIpc) is 1.87. The first-order chi connectivity index (χ1) is 4.77. The molecule has 1 amide bonds. The lowest BCUT2D eigenvalue weighted by atomic mass is 10.3. The molecule has 0 aliphatic carbocycles. The molecule has 0 fully saturated rings. The summed E-state index contributed by atoms with van der Waals surface area (Å²) in [6.45, 7) is 0. The third-order valence-corrected chi connectivity index (χ3v) is 0.618. The summed E-state index contributed by atoms with van der Waals surface area (Å²) in [7, 11) is 0. The number of carbonyl (C=O) groups is 1. The third-order valence-electron chi connectivity index (χ3n) is 0.618. The quantitative estimate of drug-likeness (QED) is 0.421. The van der Waals surface area contributed by atoms with Gasteiger partial charge in [-0.2, -0.15) is 0 Å². The number of hydrogen-bond donors (Lipinski definition) is 1. The maximum atomic E-state index is 9.89. The largest absolute Gasteiger partial charge is 0.418 e. The van der Waals surface area contributed by atoms with Crippen LogP contribution in [0.1, 0.15) is 12.8 Å². The summed E-state index contributed by atoms with van der Waals surface area (Å²) in [6.07, 6.45) is 7.19. The first kappa shape index (κ1) is 8.39. The number of hydrogen-bond acceptors (Lipinski definition) is 2. The van der Waals surface area contributed by atoms with E-state index in [-0.39, 0.29) is 0 Å². The molecule has 0 spiro atoms. The summed E-state index contributed by atoms with van der Waals surface area (Å²) in [6, 6.07) is 0. The first-order valence-electron chi connectivity index (χ1n) is 2.65. The number of ether oxygens (including phenoxy) is 1. The van der Waals surface area contributed by atoms with E-state index in [9.17, 15) is 4.79 Å². The van der Waals surface area contributed by atoms with Crippen molar-refractivity contribution in [2.75, 3.05) is 0 Å². The third kappa shape index (κ3) is 6.39. The van der Waals surface area contributed by atoms with Crippen LogP contribution in [0.3, 0.4) is 0 Å². The van der Waals surface area contributed by atoms with Crippen LogP contribution in [-0.2, 0) is 4.74 Å². The molecule has 0 rings (SSSR count). The van der Waals surface area contributed by atoms with Gasteiger partial charge in [-0.15, -0.1) is 12.3 Å². The normalized spacial score (nSPS) is 6.70. The standard InChI is InChI=1S/C7H7NO2/c1-2-3-4-5-6-10-7(8)9/h1H,3-4H2,(H2,8,9). The molecule has 0 aliphatic rings. The minimum atomic E-state index is -0.895. The molecular weight excluding hydrogens is 130 g/mol.